The number of hydrogen-bond acceptors (Lipinski definition) is 4. The fourth-order valence-corrected chi connectivity index (χ4v) is 2.96. The second-order valence-corrected chi connectivity index (χ2v) is 6.27. The van der Waals surface area contributed by atoms with Gasteiger partial charge in [-0.3, -0.25) is 4.68 Å². The van der Waals surface area contributed by atoms with Crippen LogP contribution in [-0.4, -0.2) is 37.1 Å². The lowest BCUT2D eigenvalue weighted by molar-refractivity contribution is 0.161. The van der Waals surface area contributed by atoms with Gasteiger partial charge in [-0.1, -0.05) is 0 Å². The van der Waals surface area contributed by atoms with E-state index in [0.717, 1.165) is 16.7 Å². The van der Waals surface area contributed by atoms with Crippen molar-refractivity contribution in [2.75, 3.05) is 11.9 Å². The average Bonchev–Trinajstić information content (AvgIpc) is 3.17. The Hall–Kier alpha value is -2.34. The molecule has 1 aromatic carbocycles. The molecule has 0 spiro atoms. The molecule has 6 nitrogen and oxygen atoms in total. The fourth-order valence-electron chi connectivity index (χ4n) is 2.96. The van der Waals surface area contributed by atoms with Crippen LogP contribution in [0.3, 0.4) is 0 Å². The monoisotopic (exact) mass is 311 g/mol. The Morgan fingerprint density at radius 3 is 3.00 bits per heavy atom. The van der Waals surface area contributed by atoms with Crippen molar-refractivity contribution >= 4 is 16.7 Å². The van der Waals surface area contributed by atoms with Crippen LogP contribution >= 0.6 is 0 Å². The molecule has 1 fully saturated rings. The third-order valence-corrected chi connectivity index (χ3v) is 4.36. The fraction of sp³-hybridized carbons (Fsp3) is 0.412. The molecular formula is C17H21N5O. The van der Waals surface area contributed by atoms with Crippen molar-refractivity contribution in [3.63, 3.8) is 0 Å². The van der Waals surface area contributed by atoms with Crippen LogP contribution in [0, 0.1) is 0 Å². The van der Waals surface area contributed by atoms with Crippen LogP contribution in [-0.2, 0) is 13.6 Å². The molecule has 1 saturated carbocycles. The van der Waals surface area contributed by atoms with E-state index >= 15 is 0 Å². The number of imidazole rings is 1. The molecule has 0 radical (unpaired) electrons. The number of aryl methyl sites for hydroxylation is 1. The predicted octanol–water partition coefficient (Wildman–Crippen LogP) is 2.12. The highest BCUT2D eigenvalue weighted by molar-refractivity contribution is 5.80. The zero-order valence-electron chi connectivity index (χ0n) is 13.2. The highest BCUT2D eigenvalue weighted by Gasteiger charge is 2.28. The summed E-state index contributed by atoms with van der Waals surface area (Å²) in [4.78, 5) is 4.77. The van der Waals surface area contributed by atoms with E-state index in [4.69, 9.17) is 4.98 Å². The van der Waals surface area contributed by atoms with Gasteiger partial charge in [-0.05, 0) is 37.1 Å². The van der Waals surface area contributed by atoms with Crippen LogP contribution in [0.15, 0.2) is 36.7 Å². The van der Waals surface area contributed by atoms with Crippen molar-refractivity contribution in [3.05, 3.63) is 42.5 Å². The van der Waals surface area contributed by atoms with Gasteiger partial charge in [0.05, 0.1) is 23.7 Å². The van der Waals surface area contributed by atoms with Gasteiger partial charge in [0.25, 0.3) is 0 Å². The Kier molecular flexibility index (Phi) is 3.53. The molecule has 120 valence electrons. The third kappa shape index (κ3) is 2.94. The predicted molar refractivity (Wildman–Crippen MR) is 89.4 cm³/mol. The standard InChI is InChI=1S/C17H21N5O/c1-21-16-6-5-13(9-15(16)20-17(21)12-3-4-12)18-10-14(23)11-22-8-2-7-19-22/h2,5-9,12,14,18,23H,3-4,10-11H2,1H3. The van der Waals surface area contributed by atoms with E-state index in [9.17, 15) is 5.11 Å². The molecule has 6 heteroatoms. The van der Waals surface area contributed by atoms with E-state index in [1.54, 1.807) is 10.9 Å². The van der Waals surface area contributed by atoms with E-state index < -0.39 is 6.10 Å². The lowest BCUT2D eigenvalue weighted by Gasteiger charge is -2.13. The molecule has 1 unspecified atom stereocenters. The maximum atomic E-state index is 10.1. The van der Waals surface area contributed by atoms with Crippen LogP contribution in [0.1, 0.15) is 24.6 Å². The SMILES string of the molecule is Cn1c(C2CC2)nc2cc(NCC(O)Cn3cccn3)ccc21. The van der Waals surface area contributed by atoms with E-state index in [-0.39, 0.29) is 0 Å². The first-order valence-corrected chi connectivity index (χ1v) is 8.06. The topological polar surface area (TPSA) is 67.9 Å². The molecule has 2 heterocycles. The van der Waals surface area contributed by atoms with Gasteiger partial charge in [0.1, 0.15) is 5.82 Å². The molecule has 23 heavy (non-hydrogen) atoms. The Morgan fingerprint density at radius 1 is 1.39 bits per heavy atom. The molecular weight excluding hydrogens is 290 g/mol. The van der Waals surface area contributed by atoms with Gasteiger partial charge in [0.15, 0.2) is 0 Å². The summed E-state index contributed by atoms with van der Waals surface area (Å²) in [6.07, 6.45) is 5.58. The summed E-state index contributed by atoms with van der Waals surface area (Å²) in [5.74, 6) is 1.83. The summed E-state index contributed by atoms with van der Waals surface area (Å²) < 4.78 is 3.93. The molecule has 4 rings (SSSR count). The molecule has 0 bridgehead atoms. The third-order valence-electron chi connectivity index (χ3n) is 4.36. The summed E-state index contributed by atoms with van der Waals surface area (Å²) in [6.45, 7) is 0.964. The van der Waals surface area contributed by atoms with Gasteiger partial charge in [-0.15, -0.1) is 0 Å². The number of rotatable bonds is 6. The summed E-state index contributed by atoms with van der Waals surface area (Å²) in [6, 6.07) is 8.05. The van der Waals surface area contributed by atoms with E-state index in [1.165, 1.54) is 18.7 Å². The van der Waals surface area contributed by atoms with Crippen molar-refractivity contribution in [3.8, 4) is 0 Å². The van der Waals surface area contributed by atoms with Crippen molar-refractivity contribution in [1.29, 1.82) is 0 Å². The minimum Gasteiger partial charge on any atom is -0.389 e. The van der Waals surface area contributed by atoms with Crippen LogP contribution in [0.5, 0.6) is 0 Å². The van der Waals surface area contributed by atoms with Crippen molar-refractivity contribution < 1.29 is 5.11 Å². The maximum Gasteiger partial charge on any atom is 0.112 e. The molecule has 0 aliphatic heterocycles. The van der Waals surface area contributed by atoms with Crippen molar-refractivity contribution in [2.45, 2.75) is 31.4 Å². The zero-order chi connectivity index (χ0) is 15.8. The minimum atomic E-state index is -0.489. The number of fused-ring (bicyclic) bond motifs is 1. The van der Waals surface area contributed by atoms with Crippen LogP contribution in [0.4, 0.5) is 5.69 Å². The quantitative estimate of drug-likeness (QED) is 0.732. The number of nitrogens with zero attached hydrogens (tertiary/aromatic N) is 4. The number of hydrogen-bond donors (Lipinski definition) is 2. The van der Waals surface area contributed by atoms with Gasteiger partial charge in [-0.2, -0.15) is 5.10 Å². The van der Waals surface area contributed by atoms with Crippen molar-refractivity contribution in [1.82, 2.24) is 19.3 Å². The minimum absolute atomic E-state index is 0.480. The number of benzene rings is 1. The molecule has 3 aromatic rings. The summed E-state index contributed by atoms with van der Waals surface area (Å²) in [7, 11) is 2.09. The summed E-state index contributed by atoms with van der Waals surface area (Å²) >= 11 is 0. The highest BCUT2D eigenvalue weighted by Crippen LogP contribution is 2.40. The Balaban J connectivity index is 1.44. The van der Waals surface area contributed by atoms with Crippen molar-refractivity contribution in [2.24, 2.45) is 7.05 Å². The number of aromatic nitrogens is 4. The lowest BCUT2D eigenvalue weighted by atomic mass is 10.2. The largest absolute Gasteiger partial charge is 0.389 e. The van der Waals surface area contributed by atoms with Gasteiger partial charge >= 0.3 is 0 Å². The second kappa shape index (κ2) is 5.70. The smallest absolute Gasteiger partial charge is 0.112 e. The molecule has 1 aliphatic rings. The summed E-state index contributed by atoms with van der Waals surface area (Å²) in [5.41, 5.74) is 3.16. The second-order valence-electron chi connectivity index (χ2n) is 6.27. The molecule has 2 N–H and O–H groups in total. The lowest BCUT2D eigenvalue weighted by Crippen LogP contribution is -2.25. The molecule has 0 amide bonds. The van der Waals surface area contributed by atoms with Crippen LogP contribution in [0.2, 0.25) is 0 Å². The van der Waals surface area contributed by atoms with E-state index in [2.05, 4.69) is 34.2 Å². The van der Waals surface area contributed by atoms with Gasteiger partial charge < -0.3 is 15.0 Å². The Labute approximate surface area is 134 Å². The van der Waals surface area contributed by atoms with Gasteiger partial charge in [0.2, 0.25) is 0 Å². The first-order valence-electron chi connectivity index (χ1n) is 8.06. The normalized spacial score (nSPS) is 15.9. The molecule has 1 atom stereocenters. The van der Waals surface area contributed by atoms with E-state index in [1.807, 2.05) is 18.3 Å². The number of nitrogens with one attached hydrogen (secondary N) is 1. The Morgan fingerprint density at radius 2 is 2.26 bits per heavy atom. The first kappa shape index (κ1) is 14.3. The highest BCUT2D eigenvalue weighted by atomic mass is 16.3. The Bertz CT molecular complexity index is 804. The van der Waals surface area contributed by atoms with Gasteiger partial charge in [0, 0.05) is 37.6 Å². The van der Waals surface area contributed by atoms with Crippen LogP contribution in [0.25, 0.3) is 11.0 Å². The molecule has 0 saturated heterocycles. The van der Waals surface area contributed by atoms with E-state index in [0.29, 0.717) is 19.0 Å². The van der Waals surface area contributed by atoms with Crippen LogP contribution < -0.4 is 5.32 Å². The average molecular weight is 311 g/mol. The number of anilines is 1. The molecule has 2 aromatic heterocycles. The maximum absolute atomic E-state index is 10.1. The number of aliphatic hydroxyl groups is 1. The zero-order valence-corrected chi connectivity index (χ0v) is 13.2. The van der Waals surface area contributed by atoms with Gasteiger partial charge in [-0.25, -0.2) is 4.98 Å². The molecule has 1 aliphatic carbocycles. The summed E-state index contributed by atoms with van der Waals surface area (Å²) in [5, 5.41) is 17.5. The first-order chi connectivity index (χ1) is 11.2. The number of aliphatic hydroxyl groups excluding tert-OH is 1.